The number of nitrogens with one attached hydrogen (secondary N) is 1. The lowest BCUT2D eigenvalue weighted by Crippen LogP contribution is -2.21. The molecule has 148 valence electrons. The third-order valence-corrected chi connectivity index (χ3v) is 4.09. The zero-order valence-electron chi connectivity index (χ0n) is 16.5. The highest BCUT2D eigenvalue weighted by Crippen LogP contribution is 2.47. The van der Waals surface area contributed by atoms with Crippen molar-refractivity contribution >= 4 is 28.7 Å². The molecule has 0 aliphatic heterocycles. The molecule has 8 nitrogen and oxygen atoms in total. The fraction of sp³-hybridized carbons (Fsp3) is 0.300. The van der Waals surface area contributed by atoms with E-state index in [1.807, 2.05) is 6.92 Å². The summed E-state index contributed by atoms with van der Waals surface area (Å²) in [7, 11) is 4.63. The molecule has 0 saturated heterocycles. The standard InChI is InChI=1S/C20H24N4O4/c1-6-9-12(7-2)21-15-16(20(28)24(5)19(15)27)22-14-11-8-10-13(17(14)25)18(26)23(3)4/h8,10-11,22,25,27-28H,7H2,1-5H3. The van der Waals surface area contributed by atoms with Gasteiger partial charge in [0.25, 0.3) is 5.91 Å². The summed E-state index contributed by atoms with van der Waals surface area (Å²) in [6, 6.07) is 4.64. The predicted molar refractivity (Wildman–Crippen MR) is 109 cm³/mol. The Hall–Kier alpha value is -3.60. The highest BCUT2D eigenvalue weighted by molar-refractivity contribution is 6.03. The van der Waals surface area contributed by atoms with Crippen molar-refractivity contribution < 1.29 is 20.1 Å². The van der Waals surface area contributed by atoms with E-state index >= 15 is 0 Å². The van der Waals surface area contributed by atoms with Crippen LogP contribution in [0, 0.1) is 11.8 Å². The van der Waals surface area contributed by atoms with Crippen LogP contribution in [0.15, 0.2) is 23.2 Å². The van der Waals surface area contributed by atoms with E-state index < -0.39 is 0 Å². The normalized spacial score (nSPS) is 11.0. The van der Waals surface area contributed by atoms with Crippen LogP contribution in [0.4, 0.5) is 17.1 Å². The molecule has 0 spiro atoms. The Morgan fingerprint density at radius 1 is 1.25 bits per heavy atom. The van der Waals surface area contributed by atoms with Crippen molar-refractivity contribution in [3.8, 4) is 29.4 Å². The van der Waals surface area contributed by atoms with E-state index in [-0.39, 0.29) is 46.0 Å². The molecule has 0 unspecified atom stereocenters. The van der Waals surface area contributed by atoms with E-state index in [2.05, 4.69) is 22.2 Å². The van der Waals surface area contributed by atoms with Gasteiger partial charge in [-0.2, -0.15) is 0 Å². The number of hydrogen-bond donors (Lipinski definition) is 4. The molecule has 1 amide bonds. The number of carbonyl (C=O) groups is 1. The Balaban J connectivity index is 2.59. The number of phenolic OH excluding ortho intramolecular Hbond substituents is 1. The topological polar surface area (TPSA) is 110 Å². The molecule has 0 saturated carbocycles. The summed E-state index contributed by atoms with van der Waals surface area (Å²) in [6.45, 7) is 3.55. The summed E-state index contributed by atoms with van der Waals surface area (Å²) in [6.07, 6.45) is 0.535. The van der Waals surface area contributed by atoms with Gasteiger partial charge >= 0.3 is 0 Å². The van der Waals surface area contributed by atoms with Gasteiger partial charge in [0.2, 0.25) is 11.8 Å². The Morgan fingerprint density at radius 2 is 1.93 bits per heavy atom. The fourth-order valence-electron chi connectivity index (χ4n) is 2.53. The summed E-state index contributed by atoms with van der Waals surface area (Å²) in [5, 5.41) is 34.2. The molecule has 1 aromatic heterocycles. The summed E-state index contributed by atoms with van der Waals surface area (Å²) < 4.78 is 1.15. The average Bonchev–Trinajstić information content (AvgIpc) is 2.86. The van der Waals surface area contributed by atoms with Gasteiger partial charge in [-0.1, -0.05) is 18.9 Å². The number of aromatic nitrogens is 1. The van der Waals surface area contributed by atoms with Crippen molar-refractivity contribution in [1.29, 1.82) is 0 Å². The first-order valence-electron chi connectivity index (χ1n) is 8.64. The summed E-state index contributed by atoms with van der Waals surface area (Å²) >= 11 is 0. The molecule has 1 heterocycles. The van der Waals surface area contributed by atoms with Crippen LogP contribution in [-0.2, 0) is 7.05 Å². The molecule has 2 rings (SSSR count). The SMILES string of the molecule is CC#CC(CC)=Nc1c(Nc2cccc(C(=O)N(C)C)c2O)c(O)n(C)c1O. The maximum absolute atomic E-state index is 12.2. The number of aliphatic imine (C=N–C) groups is 1. The first-order valence-corrected chi connectivity index (χ1v) is 8.64. The Bertz CT molecular complexity index is 994. The van der Waals surface area contributed by atoms with Crippen LogP contribution in [0.5, 0.6) is 17.5 Å². The maximum atomic E-state index is 12.2. The second-order valence-electron chi connectivity index (χ2n) is 6.24. The van der Waals surface area contributed by atoms with Crippen LogP contribution in [0.1, 0.15) is 30.6 Å². The number of rotatable bonds is 5. The molecule has 0 aliphatic carbocycles. The van der Waals surface area contributed by atoms with E-state index in [4.69, 9.17) is 0 Å². The van der Waals surface area contributed by atoms with Gasteiger partial charge in [-0.3, -0.25) is 9.36 Å². The Morgan fingerprint density at radius 3 is 2.50 bits per heavy atom. The monoisotopic (exact) mass is 384 g/mol. The van der Waals surface area contributed by atoms with Crippen molar-refractivity contribution in [2.24, 2.45) is 12.0 Å². The smallest absolute Gasteiger partial charge is 0.257 e. The zero-order chi connectivity index (χ0) is 21.0. The third kappa shape index (κ3) is 3.88. The fourth-order valence-corrected chi connectivity index (χ4v) is 2.53. The van der Waals surface area contributed by atoms with Crippen LogP contribution < -0.4 is 5.32 Å². The van der Waals surface area contributed by atoms with Gasteiger partial charge < -0.3 is 25.5 Å². The quantitative estimate of drug-likeness (QED) is 0.360. The van der Waals surface area contributed by atoms with E-state index in [0.29, 0.717) is 12.1 Å². The number of anilines is 2. The van der Waals surface area contributed by atoms with Gasteiger partial charge in [-0.25, -0.2) is 4.99 Å². The zero-order valence-corrected chi connectivity index (χ0v) is 16.5. The molecule has 0 radical (unpaired) electrons. The molecule has 2 aromatic rings. The van der Waals surface area contributed by atoms with Gasteiger partial charge in [0, 0.05) is 21.1 Å². The maximum Gasteiger partial charge on any atom is 0.257 e. The lowest BCUT2D eigenvalue weighted by molar-refractivity contribution is 0.0824. The highest BCUT2D eigenvalue weighted by Gasteiger charge is 2.23. The van der Waals surface area contributed by atoms with Gasteiger partial charge in [0.15, 0.2) is 11.4 Å². The van der Waals surface area contributed by atoms with Crippen LogP contribution in [-0.4, -0.2) is 50.5 Å². The lowest BCUT2D eigenvalue weighted by atomic mass is 10.1. The predicted octanol–water partition coefficient (Wildman–Crippen LogP) is 3.09. The molecule has 8 heteroatoms. The van der Waals surface area contributed by atoms with E-state index in [1.54, 1.807) is 33.2 Å². The van der Waals surface area contributed by atoms with Gasteiger partial charge in [0.05, 0.1) is 17.0 Å². The number of aromatic hydroxyl groups is 3. The van der Waals surface area contributed by atoms with Crippen molar-refractivity contribution in [3.63, 3.8) is 0 Å². The minimum Gasteiger partial charge on any atom is -0.505 e. The number of para-hydroxylation sites is 1. The summed E-state index contributed by atoms with van der Waals surface area (Å²) in [4.78, 5) is 17.9. The van der Waals surface area contributed by atoms with Crippen LogP contribution in [0.2, 0.25) is 0 Å². The van der Waals surface area contributed by atoms with Crippen molar-refractivity contribution in [2.75, 3.05) is 19.4 Å². The summed E-state index contributed by atoms with van der Waals surface area (Å²) in [5.41, 5.74) is 0.986. The molecule has 1 aromatic carbocycles. The minimum absolute atomic E-state index is 0.0864. The number of amides is 1. The molecule has 0 atom stereocenters. The Labute approximate surface area is 163 Å². The number of carbonyl (C=O) groups excluding carboxylic acids is 1. The Kier molecular flexibility index (Phi) is 6.21. The first kappa shape index (κ1) is 20.7. The van der Waals surface area contributed by atoms with E-state index in [1.165, 1.54) is 18.0 Å². The van der Waals surface area contributed by atoms with Crippen LogP contribution >= 0.6 is 0 Å². The highest BCUT2D eigenvalue weighted by atomic mass is 16.3. The molecule has 0 fully saturated rings. The van der Waals surface area contributed by atoms with Gasteiger partial charge in [-0.15, -0.1) is 5.92 Å². The molecule has 4 N–H and O–H groups in total. The molecular weight excluding hydrogens is 360 g/mol. The largest absolute Gasteiger partial charge is 0.505 e. The second-order valence-corrected chi connectivity index (χ2v) is 6.24. The van der Waals surface area contributed by atoms with Crippen LogP contribution in [0.3, 0.4) is 0 Å². The van der Waals surface area contributed by atoms with E-state index in [9.17, 15) is 20.1 Å². The van der Waals surface area contributed by atoms with Crippen LogP contribution in [0.25, 0.3) is 0 Å². The van der Waals surface area contributed by atoms with Crippen molar-refractivity contribution in [1.82, 2.24) is 9.47 Å². The number of nitrogens with zero attached hydrogens (tertiary/aromatic N) is 3. The average molecular weight is 384 g/mol. The third-order valence-electron chi connectivity index (χ3n) is 4.09. The van der Waals surface area contributed by atoms with Gasteiger partial charge in [0.1, 0.15) is 5.69 Å². The molecule has 0 bridgehead atoms. The van der Waals surface area contributed by atoms with Gasteiger partial charge in [-0.05, 0) is 25.5 Å². The molecule has 28 heavy (non-hydrogen) atoms. The number of benzene rings is 1. The van der Waals surface area contributed by atoms with Crippen molar-refractivity contribution in [3.05, 3.63) is 23.8 Å². The molecule has 0 aliphatic rings. The number of phenols is 1. The summed E-state index contributed by atoms with van der Waals surface area (Å²) in [5.74, 6) is 4.42. The van der Waals surface area contributed by atoms with Crippen molar-refractivity contribution in [2.45, 2.75) is 20.3 Å². The van der Waals surface area contributed by atoms with E-state index in [0.717, 1.165) is 4.57 Å². The number of hydrogen-bond acceptors (Lipinski definition) is 6. The minimum atomic E-state index is -0.369. The molecular formula is C20H24N4O4. The first-order chi connectivity index (χ1) is 13.2. The lowest BCUT2D eigenvalue weighted by Gasteiger charge is -2.14. The second kappa shape index (κ2) is 8.39.